The lowest BCUT2D eigenvalue weighted by Crippen LogP contribution is -2.51. The number of fused-ring (bicyclic) bond motifs is 2. The molecule has 2 fully saturated rings. The largest absolute Gasteiger partial charge is 0.381 e. The van der Waals surface area contributed by atoms with E-state index >= 15 is 0 Å². The molecule has 1 saturated carbocycles. The first-order valence-electron chi connectivity index (χ1n) is 7.89. The number of methoxy groups -OCH3 is 1. The van der Waals surface area contributed by atoms with Crippen molar-refractivity contribution in [2.24, 2.45) is 11.8 Å². The van der Waals surface area contributed by atoms with Gasteiger partial charge in [0.25, 0.3) is 0 Å². The lowest BCUT2D eigenvalue weighted by molar-refractivity contribution is -0.00509. The quantitative estimate of drug-likeness (QED) is 0.933. The van der Waals surface area contributed by atoms with Crippen molar-refractivity contribution < 1.29 is 13.9 Å². The lowest BCUT2D eigenvalue weighted by Gasteiger charge is -2.37. The van der Waals surface area contributed by atoms with Gasteiger partial charge in [-0.25, -0.2) is 9.18 Å². The molecule has 1 heterocycles. The van der Waals surface area contributed by atoms with Crippen LogP contribution in [0.15, 0.2) is 18.2 Å². The fraction of sp³-hybridized carbons (Fsp3) is 0.588. The highest BCUT2D eigenvalue weighted by molar-refractivity contribution is 5.74. The van der Waals surface area contributed by atoms with E-state index in [4.69, 9.17) is 4.74 Å². The molecule has 0 spiro atoms. The van der Waals surface area contributed by atoms with Crippen LogP contribution >= 0.6 is 0 Å². The van der Waals surface area contributed by atoms with E-state index in [2.05, 4.69) is 5.32 Å². The average Bonchev–Trinajstić information content (AvgIpc) is 2.76. The van der Waals surface area contributed by atoms with Crippen LogP contribution in [0.4, 0.5) is 9.18 Å². The second-order valence-electron chi connectivity index (χ2n) is 6.43. The van der Waals surface area contributed by atoms with Crippen molar-refractivity contribution in [2.75, 3.05) is 20.2 Å². The standard InChI is InChI=1S/C17H23FN2O2/c1-11-3-6-15(18)7-14(11)8-19-17(21)20-9-12-4-5-13(10-20)16(12)22-2/h3,6-7,12-13,16H,4-5,8-10H2,1-2H3,(H,19,21). The minimum absolute atomic E-state index is 0.0601. The summed E-state index contributed by atoms with van der Waals surface area (Å²) in [6, 6.07) is 4.60. The zero-order valence-corrected chi connectivity index (χ0v) is 13.1. The Labute approximate surface area is 130 Å². The maximum Gasteiger partial charge on any atom is 0.317 e. The highest BCUT2D eigenvalue weighted by Gasteiger charge is 2.43. The first kappa shape index (κ1) is 15.3. The van der Waals surface area contributed by atoms with Crippen LogP contribution in [-0.2, 0) is 11.3 Å². The highest BCUT2D eigenvalue weighted by atomic mass is 19.1. The number of piperidine rings is 1. The fourth-order valence-corrected chi connectivity index (χ4v) is 3.84. The number of hydrogen-bond acceptors (Lipinski definition) is 2. The van der Waals surface area contributed by atoms with Crippen LogP contribution in [-0.4, -0.2) is 37.2 Å². The first-order valence-corrected chi connectivity index (χ1v) is 7.89. The van der Waals surface area contributed by atoms with Crippen LogP contribution in [0.5, 0.6) is 0 Å². The topological polar surface area (TPSA) is 41.6 Å². The Hall–Kier alpha value is -1.62. The van der Waals surface area contributed by atoms with E-state index in [0.717, 1.165) is 37.1 Å². The maximum atomic E-state index is 13.3. The Morgan fingerprint density at radius 2 is 2.05 bits per heavy atom. The number of rotatable bonds is 3. The number of amides is 2. The number of likely N-dealkylation sites (tertiary alicyclic amines) is 1. The summed E-state index contributed by atoms with van der Waals surface area (Å²) in [6.07, 6.45) is 2.57. The van der Waals surface area contributed by atoms with E-state index in [0.29, 0.717) is 24.5 Å². The summed E-state index contributed by atoms with van der Waals surface area (Å²) in [7, 11) is 1.76. The summed E-state index contributed by atoms with van der Waals surface area (Å²) >= 11 is 0. The van der Waals surface area contributed by atoms with Gasteiger partial charge in [-0.2, -0.15) is 0 Å². The normalized spacial score (nSPS) is 27.0. The number of nitrogens with one attached hydrogen (secondary N) is 1. The number of benzene rings is 1. The first-order chi connectivity index (χ1) is 10.6. The second-order valence-corrected chi connectivity index (χ2v) is 6.43. The third kappa shape index (κ3) is 2.95. The van der Waals surface area contributed by atoms with Gasteiger partial charge in [-0.3, -0.25) is 0 Å². The summed E-state index contributed by atoms with van der Waals surface area (Å²) in [6.45, 7) is 3.79. The van der Waals surface area contributed by atoms with Gasteiger partial charge in [0.05, 0.1) is 6.10 Å². The lowest BCUT2D eigenvalue weighted by atomic mass is 9.95. The van der Waals surface area contributed by atoms with Crippen LogP contribution in [0.25, 0.3) is 0 Å². The van der Waals surface area contributed by atoms with Gasteiger partial charge in [0, 0.05) is 38.6 Å². The number of urea groups is 1. The van der Waals surface area contributed by atoms with E-state index < -0.39 is 0 Å². The fourth-order valence-electron chi connectivity index (χ4n) is 3.84. The van der Waals surface area contributed by atoms with Crippen LogP contribution in [0.2, 0.25) is 0 Å². The monoisotopic (exact) mass is 306 g/mol. The predicted octanol–water partition coefficient (Wildman–Crippen LogP) is 2.70. The van der Waals surface area contributed by atoms with Gasteiger partial charge in [-0.1, -0.05) is 6.07 Å². The van der Waals surface area contributed by atoms with E-state index in [-0.39, 0.29) is 11.8 Å². The minimum Gasteiger partial charge on any atom is -0.381 e. The third-order valence-corrected chi connectivity index (χ3v) is 5.05. The van der Waals surface area contributed by atoms with Gasteiger partial charge in [0.2, 0.25) is 0 Å². The molecule has 1 aromatic carbocycles. The molecule has 0 radical (unpaired) electrons. The molecule has 2 bridgehead atoms. The van der Waals surface area contributed by atoms with Crippen molar-refractivity contribution in [2.45, 2.75) is 32.4 Å². The number of aryl methyl sites for hydroxylation is 1. The molecule has 4 nitrogen and oxygen atoms in total. The highest BCUT2D eigenvalue weighted by Crippen LogP contribution is 2.38. The molecule has 2 amide bonds. The van der Waals surface area contributed by atoms with E-state index in [1.54, 1.807) is 13.2 Å². The van der Waals surface area contributed by atoms with Crippen LogP contribution < -0.4 is 5.32 Å². The zero-order valence-electron chi connectivity index (χ0n) is 13.1. The van der Waals surface area contributed by atoms with Crippen LogP contribution in [0.3, 0.4) is 0 Å². The van der Waals surface area contributed by atoms with Gasteiger partial charge in [-0.15, -0.1) is 0 Å². The van der Waals surface area contributed by atoms with E-state index in [1.165, 1.54) is 12.1 Å². The third-order valence-electron chi connectivity index (χ3n) is 5.05. The van der Waals surface area contributed by atoms with Crippen molar-refractivity contribution in [3.05, 3.63) is 35.1 Å². The second kappa shape index (κ2) is 6.24. The van der Waals surface area contributed by atoms with Gasteiger partial charge in [0.1, 0.15) is 5.82 Å². The molecular weight excluding hydrogens is 283 g/mol. The van der Waals surface area contributed by atoms with Gasteiger partial charge in [-0.05, 0) is 43.0 Å². The Morgan fingerprint density at radius 1 is 1.36 bits per heavy atom. The number of nitrogens with zero attached hydrogens (tertiary/aromatic N) is 1. The molecule has 1 aliphatic heterocycles. The number of halogens is 1. The van der Waals surface area contributed by atoms with Crippen molar-refractivity contribution in [1.82, 2.24) is 10.2 Å². The van der Waals surface area contributed by atoms with Crippen LogP contribution in [0, 0.1) is 24.6 Å². The zero-order chi connectivity index (χ0) is 15.7. The maximum absolute atomic E-state index is 13.3. The summed E-state index contributed by atoms with van der Waals surface area (Å²) in [4.78, 5) is 14.2. The minimum atomic E-state index is -0.270. The summed E-state index contributed by atoms with van der Waals surface area (Å²) < 4.78 is 18.8. The van der Waals surface area contributed by atoms with Gasteiger partial charge in [0.15, 0.2) is 0 Å². The summed E-state index contributed by atoms with van der Waals surface area (Å²) in [5.74, 6) is 0.629. The predicted molar refractivity (Wildman–Crippen MR) is 82.0 cm³/mol. The van der Waals surface area contributed by atoms with Crippen molar-refractivity contribution in [3.8, 4) is 0 Å². The number of hydrogen-bond donors (Lipinski definition) is 1. The molecule has 0 aromatic heterocycles. The molecule has 120 valence electrons. The number of ether oxygens (including phenoxy) is 1. The summed E-state index contributed by atoms with van der Waals surface area (Å²) in [5.41, 5.74) is 1.81. The number of carbonyl (C=O) groups excluding carboxylic acids is 1. The molecule has 1 saturated heterocycles. The van der Waals surface area contributed by atoms with Crippen molar-refractivity contribution in [1.29, 1.82) is 0 Å². The molecule has 3 rings (SSSR count). The summed E-state index contributed by atoms with van der Waals surface area (Å²) in [5, 5.41) is 2.92. The number of carbonyl (C=O) groups is 1. The van der Waals surface area contributed by atoms with Crippen molar-refractivity contribution in [3.63, 3.8) is 0 Å². The Kier molecular flexibility index (Phi) is 4.34. The van der Waals surface area contributed by atoms with Crippen molar-refractivity contribution >= 4 is 6.03 Å². The molecule has 1 N–H and O–H groups in total. The Bertz CT molecular complexity index is 550. The van der Waals surface area contributed by atoms with Crippen LogP contribution in [0.1, 0.15) is 24.0 Å². The van der Waals surface area contributed by atoms with Gasteiger partial charge >= 0.3 is 6.03 Å². The van der Waals surface area contributed by atoms with Gasteiger partial charge < -0.3 is 15.0 Å². The molecule has 2 unspecified atom stereocenters. The smallest absolute Gasteiger partial charge is 0.317 e. The SMILES string of the molecule is COC1C2CCC1CN(C(=O)NCc1cc(F)ccc1C)C2. The Morgan fingerprint density at radius 3 is 2.68 bits per heavy atom. The van der Waals surface area contributed by atoms with E-state index in [1.807, 2.05) is 11.8 Å². The molecule has 1 aromatic rings. The average molecular weight is 306 g/mol. The van der Waals surface area contributed by atoms with E-state index in [9.17, 15) is 9.18 Å². The molecule has 2 aliphatic rings. The molecule has 22 heavy (non-hydrogen) atoms. The molecule has 2 atom stereocenters. The molecule has 1 aliphatic carbocycles. The molecule has 5 heteroatoms. The molecular formula is C17H23FN2O2. The Balaban J connectivity index is 1.58.